The SMILES string of the molecule is CCCCCCCCCCNOCCC. The molecule has 0 heterocycles. The van der Waals surface area contributed by atoms with Crippen molar-refractivity contribution >= 4 is 0 Å². The Balaban J connectivity index is 2.81. The van der Waals surface area contributed by atoms with Crippen LogP contribution >= 0.6 is 0 Å². The van der Waals surface area contributed by atoms with Crippen LogP contribution in [0.25, 0.3) is 0 Å². The minimum atomic E-state index is 0.830. The minimum absolute atomic E-state index is 0.830. The van der Waals surface area contributed by atoms with Gasteiger partial charge in [-0.15, -0.1) is 0 Å². The Morgan fingerprint density at radius 2 is 1.33 bits per heavy atom. The third kappa shape index (κ3) is 13.9. The highest BCUT2D eigenvalue weighted by Gasteiger charge is 1.91. The Kier molecular flexibility index (Phi) is 13.8. The Morgan fingerprint density at radius 1 is 0.733 bits per heavy atom. The summed E-state index contributed by atoms with van der Waals surface area (Å²) in [6, 6.07) is 0. The van der Waals surface area contributed by atoms with Crippen LogP contribution in [-0.4, -0.2) is 13.2 Å². The van der Waals surface area contributed by atoms with Crippen LogP contribution in [-0.2, 0) is 4.84 Å². The zero-order chi connectivity index (χ0) is 11.2. The van der Waals surface area contributed by atoms with E-state index in [2.05, 4.69) is 19.3 Å². The van der Waals surface area contributed by atoms with Crippen LogP contribution < -0.4 is 5.48 Å². The first kappa shape index (κ1) is 14.9. The molecule has 0 amide bonds. The van der Waals surface area contributed by atoms with Gasteiger partial charge in [0.25, 0.3) is 0 Å². The largest absolute Gasteiger partial charge is 0.302 e. The molecule has 0 spiro atoms. The summed E-state index contributed by atoms with van der Waals surface area (Å²) in [5, 5.41) is 0. The van der Waals surface area contributed by atoms with E-state index in [0.717, 1.165) is 19.6 Å². The maximum Gasteiger partial charge on any atom is 0.0679 e. The lowest BCUT2D eigenvalue weighted by molar-refractivity contribution is 0.0407. The van der Waals surface area contributed by atoms with E-state index in [0.29, 0.717) is 0 Å². The van der Waals surface area contributed by atoms with Crippen LogP contribution in [0.1, 0.15) is 71.6 Å². The van der Waals surface area contributed by atoms with E-state index in [1.807, 2.05) is 0 Å². The smallest absolute Gasteiger partial charge is 0.0679 e. The predicted molar refractivity (Wildman–Crippen MR) is 66.9 cm³/mol. The van der Waals surface area contributed by atoms with Gasteiger partial charge >= 0.3 is 0 Å². The van der Waals surface area contributed by atoms with Gasteiger partial charge in [-0.25, -0.2) is 5.48 Å². The molecule has 2 nitrogen and oxygen atoms in total. The van der Waals surface area contributed by atoms with Gasteiger partial charge in [0.2, 0.25) is 0 Å². The Bertz CT molecular complexity index is 94.7. The molecular formula is C13H29NO. The molecule has 0 aliphatic carbocycles. The van der Waals surface area contributed by atoms with Crippen molar-refractivity contribution in [2.75, 3.05) is 13.2 Å². The summed E-state index contributed by atoms with van der Waals surface area (Å²) in [6.45, 7) is 6.23. The fourth-order valence-electron chi connectivity index (χ4n) is 1.58. The first-order valence-electron chi connectivity index (χ1n) is 6.76. The van der Waals surface area contributed by atoms with Crippen LogP contribution in [0.15, 0.2) is 0 Å². The van der Waals surface area contributed by atoms with Gasteiger partial charge in [0.05, 0.1) is 6.61 Å². The molecule has 0 atom stereocenters. The van der Waals surface area contributed by atoms with Gasteiger partial charge in [-0.1, -0.05) is 58.8 Å². The lowest BCUT2D eigenvalue weighted by atomic mass is 10.1. The molecule has 1 N–H and O–H groups in total. The van der Waals surface area contributed by atoms with E-state index in [9.17, 15) is 0 Å². The fraction of sp³-hybridized carbons (Fsp3) is 1.00. The van der Waals surface area contributed by atoms with E-state index in [1.165, 1.54) is 51.4 Å². The maximum atomic E-state index is 5.19. The predicted octanol–water partition coefficient (Wildman–Crippen LogP) is 4.06. The molecule has 0 unspecified atom stereocenters. The summed E-state index contributed by atoms with van der Waals surface area (Å²) in [7, 11) is 0. The van der Waals surface area contributed by atoms with Crippen molar-refractivity contribution in [2.45, 2.75) is 71.6 Å². The van der Waals surface area contributed by atoms with Gasteiger partial charge in [-0.2, -0.15) is 0 Å². The second kappa shape index (κ2) is 13.9. The monoisotopic (exact) mass is 215 g/mol. The fourth-order valence-corrected chi connectivity index (χ4v) is 1.58. The molecule has 0 rings (SSSR count). The highest BCUT2D eigenvalue weighted by molar-refractivity contribution is 4.46. The van der Waals surface area contributed by atoms with E-state index in [-0.39, 0.29) is 0 Å². The third-order valence-electron chi connectivity index (χ3n) is 2.54. The lowest BCUT2D eigenvalue weighted by Crippen LogP contribution is -2.16. The number of hydrogen-bond acceptors (Lipinski definition) is 2. The summed E-state index contributed by atoms with van der Waals surface area (Å²) in [4.78, 5) is 5.19. The van der Waals surface area contributed by atoms with Gasteiger partial charge in [-0.3, -0.25) is 0 Å². The average molecular weight is 215 g/mol. The molecule has 0 saturated heterocycles. The molecule has 0 bridgehead atoms. The molecule has 92 valence electrons. The van der Waals surface area contributed by atoms with Crippen molar-refractivity contribution in [2.24, 2.45) is 0 Å². The Labute approximate surface area is 95.7 Å². The van der Waals surface area contributed by atoms with Crippen LogP contribution in [0, 0.1) is 0 Å². The molecular weight excluding hydrogens is 186 g/mol. The van der Waals surface area contributed by atoms with Gasteiger partial charge in [0, 0.05) is 6.54 Å². The molecule has 0 fully saturated rings. The molecule has 0 aliphatic heterocycles. The van der Waals surface area contributed by atoms with Crippen molar-refractivity contribution in [1.82, 2.24) is 5.48 Å². The second-order valence-corrected chi connectivity index (χ2v) is 4.22. The first-order chi connectivity index (χ1) is 7.41. The van der Waals surface area contributed by atoms with Crippen LogP contribution in [0.3, 0.4) is 0 Å². The third-order valence-corrected chi connectivity index (χ3v) is 2.54. The summed E-state index contributed by atoms with van der Waals surface area (Å²) in [6.07, 6.45) is 12.1. The van der Waals surface area contributed by atoms with Crippen molar-refractivity contribution in [3.05, 3.63) is 0 Å². The number of nitrogens with one attached hydrogen (secondary N) is 1. The van der Waals surface area contributed by atoms with Crippen LogP contribution in [0.4, 0.5) is 0 Å². The van der Waals surface area contributed by atoms with Gasteiger partial charge in [-0.05, 0) is 12.8 Å². The number of hydrogen-bond donors (Lipinski definition) is 1. The van der Waals surface area contributed by atoms with E-state index < -0.39 is 0 Å². The van der Waals surface area contributed by atoms with Gasteiger partial charge in [0.1, 0.15) is 0 Å². The van der Waals surface area contributed by atoms with E-state index in [4.69, 9.17) is 4.84 Å². The van der Waals surface area contributed by atoms with Crippen molar-refractivity contribution < 1.29 is 4.84 Å². The van der Waals surface area contributed by atoms with Crippen LogP contribution in [0.2, 0.25) is 0 Å². The van der Waals surface area contributed by atoms with E-state index in [1.54, 1.807) is 0 Å². The summed E-state index contributed by atoms with van der Waals surface area (Å²) in [5.74, 6) is 0. The topological polar surface area (TPSA) is 21.3 Å². The Morgan fingerprint density at radius 3 is 1.93 bits per heavy atom. The zero-order valence-electron chi connectivity index (χ0n) is 10.7. The summed E-state index contributed by atoms with van der Waals surface area (Å²) in [5.41, 5.74) is 3.00. The molecule has 0 aromatic rings. The van der Waals surface area contributed by atoms with E-state index >= 15 is 0 Å². The first-order valence-corrected chi connectivity index (χ1v) is 6.76. The molecule has 2 heteroatoms. The van der Waals surface area contributed by atoms with Crippen molar-refractivity contribution in [1.29, 1.82) is 0 Å². The van der Waals surface area contributed by atoms with Crippen LogP contribution in [0.5, 0.6) is 0 Å². The summed E-state index contributed by atoms with van der Waals surface area (Å²) < 4.78 is 0. The number of unbranched alkanes of at least 4 members (excludes halogenated alkanes) is 7. The Hall–Kier alpha value is -0.0800. The zero-order valence-corrected chi connectivity index (χ0v) is 10.7. The molecule has 0 aromatic heterocycles. The average Bonchev–Trinajstić information content (AvgIpc) is 2.26. The van der Waals surface area contributed by atoms with Crippen molar-refractivity contribution in [3.63, 3.8) is 0 Å². The molecule has 15 heavy (non-hydrogen) atoms. The molecule has 0 saturated carbocycles. The molecule has 0 aliphatic rings. The van der Waals surface area contributed by atoms with Crippen molar-refractivity contribution in [3.8, 4) is 0 Å². The quantitative estimate of drug-likeness (QED) is 0.391. The molecule has 0 radical (unpaired) electrons. The maximum absolute atomic E-state index is 5.19. The second-order valence-electron chi connectivity index (χ2n) is 4.22. The number of rotatable bonds is 12. The summed E-state index contributed by atoms with van der Waals surface area (Å²) >= 11 is 0. The minimum Gasteiger partial charge on any atom is -0.302 e. The van der Waals surface area contributed by atoms with Gasteiger partial charge in [0.15, 0.2) is 0 Å². The molecule has 0 aromatic carbocycles. The lowest BCUT2D eigenvalue weighted by Gasteiger charge is -2.04. The highest BCUT2D eigenvalue weighted by Crippen LogP contribution is 2.07. The normalized spacial score (nSPS) is 10.8. The highest BCUT2D eigenvalue weighted by atomic mass is 16.6. The number of hydroxylamine groups is 1. The van der Waals surface area contributed by atoms with Gasteiger partial charge < -0.3 is 4.84 Å². The standard InChI is InChI=1S/C13H29NO/c1-3-5-6-7-8-9-10-11-12-14-15-13-4-2/h14H,3-13H2,1-2H3.